The number of halogens is 1. The van der Waals surface area contributed by atoms with Crippen molar-refractivity contribution in [3.05, 3.63) is 40.6 Å². The zero-order valence-corrected chi connectivity index (χ0v) is 18.8. The Hall–Kier alpha value is -2.49. The molecule has 0 aromatic heterocycles. The molecule has 3 heterocycles. The minimum Gasteiger partial charge on any atom is -0.369 e. The number of benzene rings is 1. The van der Waals surface area contributed by atoms with Crippen molar-refractivity contribution in [3.8, 4) is 11.8 Å². The minimum absolute atomic E-state index is 0.0426. The van der Waals surface area contributed by atoms with Crippen LogP contribution in [0.4, 0.5) is 5.69 Å². The maximum atomic E-state index is 12.8. The minimum atomic E-state index is -0.423. The Kier molecular flexibility index (Phi) is 6.84. The van der Waals surface area contributed by atoms with Gasteiger partial charge in [0.05, 0.1) is 13.1 Å². The molecule has 2 amide bonds. The Labute approximate surface area is 189 Å². The fraction of sp³-hybridized carbons (Fsp3) is 0.500. The lowest BCUT2D eigenvalue weighted by Gasteiger charge is -2.36. The van der Waals surface area contributed by atoms with Crippen LogP contribution in [0, 0.1) is 18.8 Å². The highest BCUT2D eigenvalue weighted by molar-refractivity contribution is 6.47. The summed E-state index contributed by atoms with van der Waals surface area (Å²) in [7, 11) is 0. The molecule has 0 aliphatic carbocycles. The van der Waals surface area contributed by atoms with Crippen LogP contribution >= 0.6 is 11.6 Å². The van der Waals surface area contributed by atoms with Gasteiger partial charge in [-0.25, -0.2) is 0 Å². The molecule has 4 rings (SSSR count). The molecule has 31 heavy (non-hydrogen) atoms. The second kappa shape index (κ2) is 9.76. The van der Waals surface area contributed by atoms with Gasteiger partial charge in [0.15, 0.2) is 0 Å². The SMILES string of the molecule is Cc1ccccc1N1CCN(CC#CCN2C(=O)C(Cl)=C(N3CCCCC3)C2=O)CC1. The first kappa shape index (κ1) is 21.7. The lowest BCUT2D eigenvalue weighted by molar-refractivity contribution is -0.137. The molecule has 2 fully saturated rings. The molecule has 0 atom stereocenters. The number of piperidine rings is 1. The molecular weight excluding hydrogens is 412 g/mol. The molecule has 0 saturated carbocycles. The third kappa shape index (κ3) is 4.73. The smallest absolute Gasteiger partial charge is 0.279 e. The summed E-state index contributed by atoms with van der Waals surface area (Å²) in [5.74, 6) is 5.41. The van der Waals surface area contributed by atoms with Crippen molar-refractivity contribution in [2.24, 2.45) is 0 Å². The van der Waals surface area contributed by atoms with Gasteiger partial charge in [-0.1, -0.05) is 41.6 Å². The van der Waals surface area contributed by atoms with Crippen molar-refractivity contribution in [1.29, 1.82) is 0 Å². The molecule has 164 valence electrons. The molecule has 6 nitrogen and oxygen atoms in total. The molecule has 1 aromatic carbocycles. The van der Waals surface area contributed by atoms with Gasteiger partial charge in [0.1, 0.15) is 10.7 Å². The number of anilines is 1. The quantitative estimate of drug-likeness (QED) is 0.531. The van der Waals surface area contributed by atoms with Gasteiger partial charge < -0.3 is 9.80 Å². The summed E-state index contributed by atoms with van der Waals surface area (Å²) in [5, 5.41) is 0.0426. The number of likely N-dealkylation sites (tertiary alicyclic amines) is 1. The molecule has 0 N–H and O–H groups in total. The molecule has 0 spiro atoms. The third-order valence-corrected chi connectivity index (χ3v) is 6.59. The number of piperazine rings is 1. The Morgan fingerprint density at radius 2 is 1.52 bits per heavy atom. The van der Waals surface area contributed by atoms with Crippen LogP contribution in [0.2, 0.25) is 0 Å². The van der Waals surface area contributed by atoms with Crippen molar-refractivity contribution >= 4 is 29.1 Å². The molecule has 2 saturated heterocycles. The second-order valence-corrected chi connectivity index (χ2v) is 8.69. The summed E-state index contributed by atoms with van der Waals surface area (Å²) in [6.45, 7) is 8.24. The summed E-state index contributed by atoms with van der Waals surface area (Å²) in [6.07, 6.45) is 3.19. The second-order valence-electron chi connectivity index (χ2n) is 8.31. The van der Waals surface area contributed by atoms with Crippen molar-refractivity contribution in [2.45, 2.75) is 26.2 Å². The number of nitrogens with zero attached hydrogens (tertiary/aromatic N) is 4. The lowest BCUT2D eigenvalue weighted by atomic mass is 10.1. The van der Waals surface area contributed by atoms with E-state index >= 15 is 0 Å². The van der Waals surface area contributed by atoms with Gasteiger partial charge in [0, 0.05) is 45.0 Å². The van der Waals surface area contributed by atoms with E-state index in [0.29, 0.717) is 12.2 Å². The van der Waals surface area contributed by atoms with Gasteiger partial charge in [-0.2, -0.15) is 0 Å². The number of hydrogen-bond donors (Lipinski definition) is 0. The van der Waals surface area contributed by atoms with E-state index in [1.54, 1.807) is 0 Å². The van der Waals surface area contributed by atoms with E-state index in [2.05, 4.69) is 52.8 Å². The predicted octanol–water partition coefficient (Wildman–Crippen LogP) is 2.43. The van der Waals surface area contributed by atoms with Crippen LogP contribution in [0.15, 0.2) is 35.0 Å². The number of imide groups is 1. The monoisotopic (exact) mass is 440 g/mol. The molecule has 7 heteroatoms. The normalized spacial score (nSPS) is 20.4. The summed E-state index contributed by atoms with van der Waals surface area (Å²) < 4.78 is 0. The fourth-order valence-electron chi connectivity index (χ4n) is 4.44. The van der Waals surface area contributed by atoms with Crippen molar-refractivity contribution in [1.82, 2.24) is 14.7 Å². The van der Waals surface area contributed by atoms with Crippen LogP contribution < -0.4 is 4.90 Å². The van der Waals surface area contributed by atoms with Crippen LogP contribution in [-0.4, -0.2) is 78.9 Å². The first-order chi connectivity index (χ1) is 15.1. The number of carbonyl (C=O) groups is 2. The molecule has 0 bridgehead atoms. The van der Waals surface area contributed by atoms with E-state index in [1.165, 1.54) is 16.2 Å². The first-order valence-electron chi connectivity index (χ1n) is 11.1. The van der Waals surface area contributed by atoms with Crippen molar-refractivity contribution in [3.63, 3.8) is 0 Å². The highest BCUT2D eigenvalue weighted by atomic mass is 35.5. The average molecular weight is 441 g/mol. The van der Waals surface area contributed by atoms with E-state index in [-0.39, 0.29) is 17.5 Å². The lowest BCUT2D eigenvalue weighted by Crippen LogP contribution is -2.46. The van der Waals surface area contributed by atoms with E-state index < -0.39 is 5.91 Å². The van der Waals surface area contributed by atoms with Crippen molar-refractivity contribution in [2.75, 3.05) is 57.3 Å². The topological polar surface area (TPSA) is 47.1 Å². The number of rotatable bonds is 4. The fourth-order valence-corrected chi connectivity index (χ4v) is 4.74. The number of carbonyl (C=O) groups excluding carboxylic acids is 2. The maximum Gasteiger partial charge on any atom is 0.279 e. The van der Waals surface area contributed by atoms with Crippen LogP contribution in [0.5, 0.6) is 0 Å². The Morgan fingerprint density at radius 3 is 2.23 bits per heavy atom. The van der Waals surface area contributed by atoms with Crippen LogP contribution in [-0.2, 0) is 9.59 Å². The molecule has 1 aromatic rings. The highest BCUT2D eigenvalue weighted by Gasteiger charge is 2.40. The van der Waals surface area contributed by atoms with Crippen LogP contribution in [0.25, 0.3) is 0 Å². The summed E-state index contributed by atoms with van der Waals surface area (Å²) in [6, 6.07) is 8.47. The number of amides is 2. The van der Waals surface area contributed by atoms with E-state index in [9.17, 15) is 9.59 Å². The number of para-hydroxylation sites is 1. The van der Waals surface area contributed by atoms with Gasteiger partial charge in [-0.05, 0) is 37.8 Å². The maximum absolute atomic E-state index is 12.8. The molecule has 0 unspecified atom stereocenters. The van der Waals surface area contributed by atoms with Crippen molar-refractivity contribution < 1.29 is 9.59 Å². The van der Waals surface area contributed by atoms with Crippen LogP contribution in [0.3, 0.4) is 0 Å². The molecule has 3 aliphatic rings. The summed E-state index contributed by atoms with van der Waals surface area (Å²) >= 11 is 6.23. The highest BCUT2D eigenvalue weighted by Crippen LogP contribution is 2.28. The Morgan fingerprint density at radius 1 is 0.839 bits per heavy atom. The number of aryl methyl sites for hydroxylation is 1. The zero-order valence-electron chi connectivity index (χ0n) is 18.1. The van der Waals surface area contributed by atoms with Gasteiger partial charge in [-0.15, -0.1) is 0 Å². The Balaban J connectivity index is 1.27. The molecular formula is C24H29ClN4O2. The third-order valence-electron chi connectivity index (χ3n) is 6.25. The van der Waals surface area contributed by atoms with Gasteiger partial charge in [0.25, 0.3) is 11.8 Å². The average Bonchev–Trinajstić information content (AvgIpc) is 3.01. The van der Waals surface area contributed by atoms with E-state index in [0.717, 1.165) is 58.5 Å². The first-order valence-corrected chi connectivity index (χ1v) is 11.4. The Bertz CT molecular complexity index is 934. The van der Waals surface area contributed by atoms with Gasteiger partial charge in [0.2, 0.25) is 0 Å². The zero-order chi connectivity index (χ0) is 21.8. The van der Waals surface area contributed by atoms with Gasteiger partial charge in [-0.3, -0.25) is 19.4 Å². The predicted molar refractivity (Wildman–Crippen MR) is 123 cm³/mol. The van der Waals surface area contributed by atoms with E-state index in [4.69, 9.17) is 11.6 Å². The summed E-state index contributed by atoms with van der Waals surface area (Å²) in [4.78, 5) is 33.1. The van der Waals surface area contributed by atoms with Crippen LogP contribution in [0.1, 0.15) is 24.8 Å². The molecule has 0 radical (unpaired) electrons. The van der Waals surface area contributed by atoms with Gasteiger partial charge >= 0.3 is 0 Å². The molecule has 3 aliphatic heterocycles. The standard InChI is InChI=1S/C24H29ClN4O2/c1-19-9-3-4-10-20(19)27-17-15-26(16-18-27)11-7-8-14-29-23(30)21(25)22(24(29)31)28-12-5-2-6-13-28/h3-4,9-10H,2,5-6,11-18H2,1H3. The summed E-state index contributed by atoms with van der Waals surface area (Å²) in [5.41, 5.74) is 2.96. The number of hydrogen-bond acceptors (Lipinski definition) is 5. The van der Waals surface area contributed by atoms with E-state index in [1.807, 2.05) is 4.90 Å². The largest absolute Gasteiger partial charge is 0.369 e.